The summed E-state index contributed by atoms with van der Waals surface area (Å²) in [5, 5.41) is 8.33. The summed E-state index contributed by atoms with van der Waals surface area (Å²) in [6.07, 6.45) is 1.08. The average molecular weight is 88.1 g/mol. The number of rotatable bonds is 2. The van der Waals surface area contributed by atoms with Gasteiger partial charge in [-0.25, -0.2) is 0 Å². The lowest BCUT2D eigenvalue weighted by Gasteiger charge is -1.98. The van der Waals surface area contributed by atoms with Gasteiger partial charge in [-0.05, 0) is 5.92 Å². The van der Waals surface area contributed by atoms with E-state index in [9.17, 15) is 0 Å². The molecule has 0 saturated heterocycles. The van der Waals surface area contributed by atoms with Gasteiger partial charge in [-0.15, -0.1) is 0 Å². The molecule has 38 valence electrons. The van der Waals surface area contributed by atoms with Crippen LogP contribution in [0.3, 0.4) is 0 Å². The molecule has 0 aromatic carbocycles. The van der Waals surface area contributed by atoms with Crippen LogP contribution >= 0.6 is 0 Å². The third-order valence-electron chi connectivity index (χ3n) is 1.01. The third kappa shape index (κ3) is 2.21. The fourth-order valence-corrected chi connectivity index (χ4v) is 0.129. The summed E-state index contributed by atoms with van der Waals surface area (Å²) in [7, 11) is 0. The lowest BCUT2D eigenvalue weighted by Crippen LogP contribution is -1.96. The Kier molecular flexibility index (Phi) is 3.14. The first kappa shape index (κ1) is 5.96. The molecular formula is C5H12O. The first-order valence-electron chi connectivity index (χ1n) is 2.42. The molecule has 0 aromatic rings. The van der Waals surface area contributed by atoms with Crippen LogP contribution in [0.4, 0.5) is 0 Å². The van der Waals surface area contributed by atoms with E-state index in [1.54, 1.807) is 0 Å². The van der Waals surface area contributed by atoms with Gasteiger partial charge in [-0.3, -0.25) is 0 Å². The smallest absolute Gasteiger partial charge is 0.0456 e. The van der Waals surface area contributed by atoms with Crippen molar-refractivity contribution in [3.63, 3.8) is 0 Å². The van der Waals surface area contributed by atoms with Crippen LogP contribution in [0.5, 0.6) is 0 Å². The maximum atomic E-state index is 8.33. The predicted molar refractivity (Wildman–Crippen MR) is 26.5 cm³/mol. The number of aliphatic hydroxyl groups is 1. The zero-order valence-electron chi connectivity index (χ0n) is 4.44. The molecule has 0 radical (unpaired) electrons. The van der Waals surface area contributed by atoms with Crippen LogP contribution in [-0.2, 0) is 0 Å². The van der Waals surface area contributed by atoms with E-state index in [0.29, 0.717) is 12.5 Å². The van der Waals surface area contributed by atoms with Gasteiger partial charge < -0.3 is 5.11 Å². The molecule has 0 aliphatic heterocycles. The van der Waals surface area contributed by atoms with Crippen LogP contribution in [-0.4, -0.2) is 11.7 Å². The molecule has 0 amide bonds. The van der Waals surface area contributed by atoms with Crippen molar-refractivity contribution in [1.82, 2.24) is 0 Å². The maximum Gasteiger partial charge on any atom is 0.0456 e. The van der Waals surface area contributed by atoms with E-state index in [4.69, 9.17) is 5.11 Å². The van der Waals surface area contributed by atoms with E-state index in [1.807, 2.05) is 6.92 Å². The number of aliphatic hydroxyl groups excluding tert-OH is 1. The van der Waals surface area contributed by atoms with Gasteiger partial charge in [0, 0.05) is 6.61 Å². The largest absolute Gasteiger partial charge is 0.396 e. The van der Waals surface area contributed by atoms with Gasteiger partial charge in [0.1, 0.15) is 0 Å². The van der Waals surface area contributed by atoms with Crippen molar-refractivity contribution in [2.24, 2.45) is 5.92 Å². The summed E-state index contributed by atoms with van der Waals surface area (Å²) in [4.78, 5) is 0. The van der Waals surface area contributed by atoms with Crippen molar-refractivity contribution in [3.05, 3.63) is 0 Å². The Morgan fingerprint density at radius 1 is 1.67 bits per heavy atom. The molecule has 1 atom stereocenters. The van der Waals surface area contributed by atoms with E-state index in [-0.39, 0.29) is 0 Å². The molecule has 1 heteroatoms. The topological polar surface area (TPSA) is 20.2 Å². The van der Waals surface area contributed by atoms with Crippen LogP contribution in [0.2, 0.25) is 0 Å². The Labute approximate surface area is 39.0 Å². The van der Waals surface area contributed by atoms with Gasteiger partial charge in [0.2, 0.25) is 0 Å². The maximum absolute atomic E-state index is 8.33. The molecule has 1 N–H and O–H groups in total. The molecule has 0 rings (SSSR count). The molecule has 0 unspecified atom stereocenters. The molecule has 6 heavy (non-hydrogen) atoms. The highest BCUT2D eigenvalue weighted by Crippen LogP contribution is 1.95. The lowest BCUT2D eigenvalue weighted by atomic mass is 10.1. The van der Waals surface area contributed by atoms with Crippen LogP contribution in [0.15, 0.2) is 0 Å². The van der Waals surface area contributed by atoms with E-state index < -0.39 is 0 Å². The van der Waals surface area contributed by atoms with Crippen molar-refractivity contribution < 1.29 is 5.11 Å². The predicted octanol–water partition coefficient (Wildman–Crippen LogP) is 1.02. The highest BCUT2D eigenvalue weighted by molar-refractivity contribution is 4.41. The SMILES string of the molecule is CC[C@@H](C)CO. The van der Waals surface area contributed by atoms with Crippen LogP contribution in [0.25, 0.3) is 0 Å². The quantitative estimate of drug-likeness (QED) is 0.534. The molecule has 0 heterocycles. The van der Waals surface area contributed by atoms with Crippen molar-refractivity contribution in [1.29, 1.82) is 0 Å². The summed E-state index contributed by atoms with van der Waals surface area (Å²) < 4.78 is 0. The molecule has 0 aliphatic rings. The summed E-state index contributed by atoms with van der Waals surface area (Å²) >= 11 is 0. The van der Waals surface area contributed by atoms with Crippen molar-refractivity contribution in [2.45, 2.75) is 20.3 Å². The second-order valence-corrected chi connectivity index (χ2v) is 1.70. The molecule has 0 aromatic heterocycles. The highest BCUT2D eigenvalue weighted by Gasteiger charge is 1.90. The van der Waals surface area contributed by atoms with Gasteiger partial charge in [-0.2, -0.15) is 0 Å². The first-order valence-corrected chi connectivity index (χ1v) is 2.42. The molecule has 0 saturated carbocycles. The number of hydrogen-bond donors (Lipinski definition) is 1. The van der Waals surface area contributed by atoms with E-state index in [0.717, 1.165) is 6.42 Å². The van der Waals surface area contributed by atoms with Crippen LogP contribution in [0, 0.1) is 5.92 Å². The molecule has 0 fully saturated rings. The van der Waals surface area contributed by atoms with Crippen LogP contribution < -0.4 is 0 Å². The minimum absolute atomic E-state index is 0.330. The molecular weight excluding hydrogens is 76.1 g/mol. The normalized spacial score (nSPS) is 14.5. The Hall–Kier alpha value is -0.0400. The fraction of sp³-hybridized carbons (Fsp3) is 1.00. The standard InChI is InChI=1S/C5H12O/c1-3-5(2)4-6/h5-6H,3-4H2,1-2H3/t5-/m1/s1. The highest BCUT2D eigenvalue weighted by atomic mass is 16.3. The van der Waals surface area contributed by atoms with Gasteiger partial charge in [0.05, 0.1) is 0 Å². The Morgan fingerprint density at radius 2 is 2.17 bits per heavy atom. The summed E-state index contributed by atoms with van der Waals surface area (Å²) in [6.45, 7) is 4.43. The summed E-state index contributed by atoms with van der Waals surface area (Å²) in [5.41, 5.74) is 0. The first-order chi connectivity index (χ1) is 2.81. The second kappa shape index (κ2) is 3.16. The van der Waals surface area contributed by atoms with Gasteiger partial charge in [0.15, 0.2) is 0 Å². The number of hydrogen-bond acceptors (Lipinski definition) is 1. The Balaban J connectivity index is 2.75. The second-order valence-electron chi connectivity index (χ2n) is 1.70. The zero-order chi connectivity index (χ0) is 4.99. The monoisotopic (exact) mass is 88.1 g/mol. The van der Waals surface area contributed by atoms with Gasteiger partial charge in [0.25, 0.3) is 0 Å². The van der Waals surface area contributed by atoms with Crippen molar-refractivity contribution in [3.8, 4) is 0 Å². The Bertz CT molecular complexity index is 23.1. The molecule has 0 spiro atoms. The van der Waals surface area contributed by atoms with Gasteiger partial charge in [-0.1, -0.05) is 20.3 Å². The van der Waals surface area contributed by atoms with Crippen molar-refractivity contribution in [2.75, 3.05) is 6.61 Å². The molecule has 0 aliphatic carbocycles. The molecule has 0 bridgehead atoms. The minimum Gasteiger partial charge on any atom is -0.396 e. The average Bonchev–Trinajstić information content (AvgIpc) is 1.65. The lowest BCUT2D eigenvalue weighted by molar-refractivity contribution is 0.234. The van der Waals surface area contributed by atoms with Crippen LogP contribution in [0.1, 0.15) is 20.3 Å². The van der Waals surface area contributed by atoms with Gasteiger partial charge >= 0.3 is 0 Å². The summed E-state index contributed by atoms with van der Waals surface area (Å²) in [6, 6.07) is 0. The Morgan fingerprint density at radius 3 is 2.17 bits per heavy atom. The fourth-order valence-electron chi connectivity index (χ4n) is 0.129. The third-order valence-corrected chi connectivity index (χ3v) is 1.01. The molecule has 1 nitrogen and oxygen atoms in total. The zero-order valence-corrected chi connectivity index (χ0v) is 4.44. The minimum atomic E-state index is 0.330. The van der Waals surface area contributed by atoms with Crippen molar-refractivity contribution >= 4 is 0 Å². The van der Waals surface area contributed by atoms with E-state index >= 15 is 0 Å². The van der Waals surface area contributed by atoms with E-state index in [2.05, 4.69) is 6.92 Å². The van der Waals surface area contributed by atoms with E-state index in [1.165, 1.54) is 0 Å². The summed E-state index contributed by atoms with van der Waals surface area (Å²) in [5.74, 6) is 0.491.